The van der Waals surface area contributed by atoms with Gasteiger partial charge >= 0.3 is 12.1 Å². The van der Waals surface area contributed by atoms with Gasteiger partial charge in [0, 0.05) is 19.0 Å². The monoisotopic (exact) mass is 305 g/mol. The van der Waals surface area contributed by atoms with Crippen molar-refractivity contribution in [2.75, 3.05) is 6.54 Å². The molecule has 0 spiro atoms. The molecule has 1 saturated carbocycles. The second-order valence-electron chi connectivity index (χ2n) is 5.64. The number of rotatable bonds is 5. The lowest BCUT2D eigenvalue weighted by atomic mass is 9.89. The highest BCUT2D eigenvalue weighted by molar-refractivity contribution is 5.69. The first kappa shape index (κ1) is 16.3. The van der Waals surface area contributed by atoms with Crippen LogP contribution in [0.1, 0.15) is 50.9 Å². The predicted octanol–water partition coefficient (Wildman–Crippen LogP) is 3.55. The van der Waals surface area contributed by atoms with Crippen molar-refractivity contribution in [2.24, 2.45) is 5.92 Å². The van der Waals surface area contributed by atoms with Crippen LogP contribution in [-0.2, 0) is 14.3 Å². The number of carbonyl (C=O) groups is 2. The van der Waals surface area contributed by atoms with E-state index in [9.17, 15) is 9.59 Å². The summed E-state index contributed by atoms with van der Waals surface area (Å²) in [5.74, 6) is 0.0270. The molecule has 5 heteroatoms. The summed E-state index contributed by atoms with van der Waals surface area (Å²) in [4.78, 5) is 23.1. The fourth-order valence-electron chi connectivity index (χ4n) is 2.68. The van der Waals surface area contributed by atoms with Crippen molar-refractivity contribution in [1.29, 1.82) is 0 Å². The van der Waals surface area contributed by atoms with Crippen molar-refractivity contribution in [3.63, 3.8) is 0 Å². The Hall–Kier alpha value is -2.04. The van der Waals surface area contributed by atoms with Gasteiger partial charge < -0.3 is 14.8 Å². The molecule has 5 nitrogen and oxygen atoms in total. The van der Waals surface area contributed by atoms with Crippen molar-refractivity contribution >= 4 is 12.1 Å². The van der Waals surface area contributed by atoms with E-state index in [0.29, 0.717) is 18.0 Å². The maximum atomic E-state index is 11.9. The van der Waals surface area contributed by atoms with E-state index in [4.69, 9.17) is 9.47 Å². The standard InChI is InChI=1S/C17H23NO4/c1-13(19)21-16(15-10-6-3-7-11-15)22-17(20)18-12-14-8-4-2-5-9-14/h3,6-7,10-11,14,16H,2,4-5,8-9,12H2,1H3,(H,18,20). The third-order valence-electron chi connectivity index (χ3n) is 3.82. The molecule has 0 radical (unpaired) electrons. The average Bonchev–Trinajstić information content (AvgIpc) is 2.54. The summed E-state index contributed by atoms with van der Waals surface area (Å²) in [5, 5.41) is 2.77. The van der Waals surface area contributed by atoms with Crippen molar-refractivity contribution < 1.29 is 19.1 Å². The van der Waals surface area contributed by atoms with E-state index in [0.717, 1.165) is 12.8 Å². The molecule has 0 bridgehead atoms. The smallest absolute Gasteiger partial charge is 0.410 e. The minimum absolute atomic E-state index is 0.492. The summed E-state index contributed by atoms with van der Waals surface area (Å²) in [6.45, 7) is 1.90. The van der Waals surface area contributed by atoms with Gasteiger partial charge in [0.25, 0.3) is 6.29 Å². The van der Waals surface area contributed by atoms with Crippen molar-refractivity contribution in [3.8, 4) is 0 Å². The summed E-state index contributed by atoms with van der Waals surface area (Å²) >= 11 is 0. The highest BCUT2D eigenvalue weighted by atomic mass is 16.7. The van der Waals surface area contributed by atoms with Gasteiger partial charge in [0.05, 0.1) is 0 Å². The first-order valence-corrected chi connectivity index (χ1v) is 7.82. The van der Waals surface area contributed by atoms with Crippen LogP contribution in [0, 0.1) is 5.92 Å². The SMILES string of the molecule is CC(=O)OC(OC(=O)NCC1CCCCC1)c1ccccc1. The number of carbonyl (C=O) groups excluding carboxylic acids is 2. The van der Waals surface area contributed by atoms with E-state index < -0.39 is 18.4 Å². The molecule has 1 aliphatic rings. The fraction of sp³-hybridized carbons (Fsp3) is 0.529. The van der Waals surface area contributed by atoms with Crippen molar-refractivity contribution in [1.82, 2.24) is 5.32 Å². The molecule has 1 amide bonds. The molecule has 22 heavy (non-hydrogen) atoms. The zero-order valence-electron chi connectivity index (χ0n) is 12.9. The Morgan fingerprint density at radius 2 is 1.82 bits per heavy atom. The summed E-state index contributed by atoms with van der Waals surface area (Å²) in [5.41, 5.74) is 0.630. The van der Waals surface area contributed by atoms with Crippen LogP contribution in [0.5, 0.6) is 0 Å². The first-order valence-electron chi connectivity index (χ1n) is 7.82. The van der Waals surface area contributed by atoms with Gasteiger partial charge in [0.1, 0.15) is 0 Å². The van der Waals surface area contributed by atoms with Crippen LogP contribution in [0.4, 0.5) is 4.79 Å². The van der Waals surface area contributed by atoms with E-state index >= 15 is 0 Å². The van der Waals surface area contributed by atoms with Crippen LogP contribution in [0.3, 0.4) is 0 Å². The zero-order valence-corrected chi connectivity index (χ0v) is 12.9. The second-order valence-corrected chi connectivity index (χ2v) is 5.64. The molecule has 0 aliphatic heterocycles. The van der Waals surface area contributed by atoms with Gasteiger partial charge in [-0.15, -0.1) is 0 Å². The van der Waals surface area contributed by atoms with E-state index in [2.05, 4.69) is 5.32 Å². The second kappa shape index (κ2) is 8.41. The first-order chi connectivity index (χ1) is 10.6. The van der Waals surface area contributed by atoms with Crippen LogP contribution in [0.15, 0.2) is 30.3 Å². The number of ether oxygens (including phenoxy) is 2. The molecule has 0 saturated heterocycles. The number of benzene rings is 1. The molecule has 0 heterocycles. The Balaban J connectivity index is 1.86. The Morgan fingerprint density at radius 3 is 2.45 bits per heavy atom. The third-order valence-corrected chi connectivity index (χ3v) is 3.82. The Kier molecular flexibility index (Phi) is 6.25. The molecule has 1 aromatic carbocycles. The van der Waals surface area contributed by atoms with Gasteiger partial charge in [-0.3, -0.25) is 4.79 Å². The molecular weight excluding hydrogens is 282 g/mol. The number of alkyl carbamates (subject to hydrolysis) is 1. The lowest BCUT2D eigenvalue weighted by Gasteiger charge is -2.22. The van der Waals surface area contributed by atoms with E-state index in [-0.39, 0.29) is 0 Å². The van der Waals surface area contributed by atoms with Crippen LogP contribution in [-0.4, -0.2) is 18.6 Å². The van der Waals surface area contributed by atoms with Crippen LogP contribution >= 0.6 is 0 Å². The van der Waals surface area contributed by atoms with E-state index in [1.165, 1.54) is 26.2 Å². The van der Waals surface area contributed by atoms with Crippen LogP contribution < -0.4 is 5.32 Å². The number of nitrogens with one attached hydrogen (secondary N) is 1. The summed E-state index contributed by atoms with van der Waals surface area (Å²) in [7, 11) is 0. The predicted molar refractivity (Wildman–Crippen MR) is 82.0 cm³/mol. The number of amides is 1. The minimum atomic E-state index is -1.01. The molecule has 1 unspecified atom stereocenters. The topological polar surface area (TPSA) is 64.6 Å². The Labute approximate surface area is 131 Å². The molecular formula is C17H23NO4. The van der Waals surface area contributed by atoms with Crippen molar-refractivity contribution in [2.45, 2.75) is 45.3 Å². The molecule has 2 rings (SSSR count). The quantitative estimate of drug-likeness (QED) is 0.667. The highest BCUT2D eigenvalue weighted by Crippen LogP contribution is 2.23. The molecule has 0 aromatic heterocycles. The van der Waals surface area contributed by atoms with Gasteiger partial charge in [-0.1, -0.05) is 49.6 Å². The third kappa shape index (κ3) is 5.39. The largest absolute Gasteiger partial charge is 0.421 e. The zero-order chi connectivity index (χ0) is 15.8. The summed E-state index contributed by atoms with van der Waals surface area (Å²) < 4.78 is 10.3. The molecule has 1 atom stereocenters. The van der Waals surface area contributed by atoms with Gasteiger partial charge in [0.2, 0.25) is 0 Å². The van der Waals surface area contributed by atoms with Gasteiger partial charge in [-0.2, -0.15) is 0 Å². The van der Waals surface area contributed by atoms with Crippen LogP contribution in [0.2, 0.25) is 0 Å². The van der Waals surface area contributed by atoms with Gasteiger partial charge in [-0.05, 0) is 18.8 Å². The lowest BCUT2D eigenvalue weighted by Crippen LogP contribution is -2.32. The normalized spacial score (nSPS) is 16.6. The number of hydrogen-bond donors (Lipinski definition) is 1. The van der Waals surface area contributed by atoms with E-state index in [1.807, 2.05) is 6.07 Å². The molecule has 120 valence electrons. The Morgan fingerprint density at radius 1 is 1.14 bits per heavy atom. The maximum absolute atomic E-state index is 11.9. The summed E-state index contributed by atoms with van der Waals surface area (Å²) in [6, 6.07) is 8.95. The lowest BCUT2D eigenvalue weighted by molar-refractivity contribution is -0.166. The van der Waals surface area contributed by atoms with Gasteiger partial charge in [0.15, 0.2) is 0 Å². The highest BCUT2D eigenvalue weighted by Gasteiger charge is 2.20. The van der Waals surface area contributed by atoms with Gasteiger partial charge in [-0.25, -0.2) is 4.79 Å². The average molecular weight is 305 g/mol. The van der Waals surface area contributed by atoms with E-state index in [1.54, 1.807) is 24.3 Å². The molecule has 1 N–H and O–H groups in total. The number of esters is 1. The molecule has 1 aromatic rings. The Bertz CT molecular complexity index is 483. The molecule has 1 aliphatic carbocycles. The number of hydrogen-bond acceptors (Lipinski definition) is 4. The summed E-state index contributed by atoms with van der Waals surface area (Å²) in [6.07, 6.45) is 4.45. The maximum Gasteiger partial charge on any atom is 0.410 e. The molecule has 1 fully saturated rings. The van der Waals surface area contributed by atoms with Crippen molar-refractivity contribution in [3.05, 3.63) is 35.9 Å². The minimum Gasteiger partial charge on any atom is -0.421 e. The van der Waals surface area contributed by atoms with Crippen LogP contribution in [0.25, 0.3) is 0 Å². The fourth-order valence-corrected chi connectivity index (χ4v) is 2.68.